The van der Waals surface area contributed by atoms with Crippen molar-refractivity contribution in [3.8, 4) is 6.07 Å². The lowest BCUT2D eigenvalue weighted by Crippen LogP contribution is -2.16. The van der Waals surface area contributed by atoms with Crippen molar-refractivity contribution in [2.24, 2.45) is 11.1 Å². The molecule has 0 heterocycles. The fraction of sp³-hybridized carbons (Fsp3) is 0.857. The minimum atomic E-state index is 0.309. The van der Waals surface area contributed by atoms with Gasteiger partial charge in [0.2, 0.25) is 0 Å². The molecule has 1 saturated carbocycles. The van der Waals surface area contributed by atoms with E-state index in [0.717, 1.165) is 25.7 Å². The number of nitrogens with two attached hydrogens (primary N) is 1. The van der Waals surface area contributed by atoms with Crippen LogP contribution < -0.4 is 5.14 Å². The van der Waals surface area contributed by atoms with Crippen LogP contribution in [0, 0.1) is 17.2 Å². The van der Waals surface area contributed by atoms with Crippen LogP contribution in [0.2, 0.25) is 0 Å². The second kappa shape index (κ2) is 3.85. The summed E-state index contributed by atoms with van der Waals surface area (Å²) in [6.07, 6.45) is 4.34. The first-order chi connectivity index (χ1) is 4.86. The Balaban J connectivity index is 2.25. The third kappa shape index (κ3) is 1.89. The van der Waals surface area contributed by atoms with Gasteiger partial charge in [0.05, 0.1) is 6.07 Å². The zero-order chi connectivity index (χ0) is 7.40. The molecule has 3 heteroatoms. The van der Waals surface area contributed by atoms with Gasteiger partial charge in [0.15, 0.2) is 0 Å². The van der Waals surface area contributed by atoms with Gasteiger partial charge in [0.1, 0.15) is 0 Å². The van der Waals surface area contributed by atoms with Crippen molar-refractivity contribution >= 4 is 11.9 Å². The van der Waals surface area contributed by atoms with E-state index in [0.29, 0.717) is 11.2 Å². The van der Waals surface area contributed by atoms with Crippen molar-refractivity contribution in [3.05, 3.63) is 0 Å². The topological polar surface area (TPSA) is 49.8 Å². The van der Waals surface area contributed by atoms with Crippen molar-refractivity contribution in [1.82, 2.24) is 0 Å². The zero-order valence-corrected chi connectivity index (χ0v) is 6.73. The second-order valence-electron chi connectivity index (χ2n) is 2.74. The highest BCUT2D eigenvalue weighted by molar-refractivity contribution is 7.97. The first-order valence-electron chi connectivity index (χ1n) is 3.62. The maximum absolute atomic E-state index is 8.56. The highest BCUT2D eigenvalue weighted by Crippen LogP contribution is 2.28. The second-order valence-corrected chi connectivity index (χ2v) is 3.68. The summed E-state index contributed by atoms with van der Waals surface area (Å²) in [5.41, 5.74) is 0. The molecule has 0 atom stereocenters. The zero-order valence-electron chi connectivity index (χ0n) is 5.92. The molecule has 56 valence electrons. The van der Waals surface area contributed by atoms with Crippen molar-refractivity contribution in [2.75, 3.05) is 0 Å². The molecular formula is C7H12N2S. The van der Waals surface area contributed by atoms with Gasteiger partial charge in [0, 0.05) is 11.2 Å². The van der Waals surface area contributed by atoms with Crippen LogP contribution in [0.4, 0.5) is 0 Å². The minimum absolute atomic E-state index is 0.309. The van der Waals surface area contributed by atoms with Gasteiger partial charge < -0.3 is 0 Å². The van der Waals surface area contributed by atoms with Crippen LogP contribution in [0.5, 0.6) is 0 Å². The van der Waals surface area contributed by atoms with Gasteiger partial charge in [-0.25, -0.2) is 0 Å². The van der Waals surface area contributed by atoms with E-state index in [9.17, 15) is 0 Å². The summed E-state index contributed by atoms with van der Waals surface area (Å²) in [5.74, 6) is 0.309. The quantitative estimate of drug-likeness (QED) is 0.587. The van der Waals surface area contributed by atoms with Gasteiger partial charge in [0.25, 0.3) is 0 Å². The lowest BCUT2D eigenvalue weighted by molar-refractivity contribution is 0.436. The van der Waals surface area contributed by atoms with E-state index in [1.165, 1.54) is 11.9 Å². The lowest BCUT2D eigenvalue weighted by Gasteiger charge is -2.21. The molecular weight excluding hydrogens is 144 g/mol. The van der Waals surface area contributed by atoms with E-state index >= 15 is 0 Å². The molecule has 0 unspecified atom stereocenters. The Morgan fingerprint density at radius 3 is 2.30 bits per heavy atom. The summed E-state index contributed by atoms with van der Waals surface area (Å²) in [5, 5.41) is 14.6. The molecule has 0 aliphatic heterocycles. The summed E-state index contributed by atoms with van der Waals surface area (Å²) in [4.78, 5) is 0. The molecule has 1 rings (SSSR count). The van der Waals surface area contributed by atoms with Gasteiger partial charge in [-0.1, -0.05) is 11.9 Å². The van der Waals surface area contributed by atoms with Crippen molar-refractivity contribution in [1.29, 1.82) is 5.26 Å². The molecule has 1 aliphatic carbocycles. The summed E-state index contributed by atoms with van der Waals surface area (Å²) < 4.78 is 0. The fourth-order valence-electron chi connectivity index (χ4n) is 1.33. The molecule has 2 N–H and O–H groups in total. The molecule has 0 aromatic carbocycles. The van der Waals surface area contributed by atoms with Gasteiger partial charge in [-0.3, -0.25) is 5.14 Å². The molecule has 10 heavy (non-hydrogen) atoms. The SMILES string of the molecule is N#CC1CCC(SN)CC1. The molecule has 1 fully saturated rings. The van der Waals surface area contributed by atoms with E-state index in [1.54, 1.807) is 0 Å². The third-order valence-electron chi connectivity index (χ3n) is 2.05. The van der Waals surface area contributed by atoms with Crippen LogP contribution in [0.15, 0.2) is 0 Å². The number of nitriles is 1. The van der Waals surface area contributed by atoms with E-state index < -0.39 is 0 Å². The fourth-order valence-corrected chi connectivity index (χ4v) is 1.87. The summed E-state index contributed by atoms with van der Waals surface area (Å²) in [7, 11) is 0. The van der Waals surface area contributed by atoms with Crippen LogP contribution in [-0.2, 0) is 0 Å². The molecule has 0 aromatic heterocycles. The number of hydrogen-bond acceptors (Lipinski definition) is 3. The Labute approximate surface area is 65.9 Å². The largest absolute Gasteiger partial charge is 0.278 e. The van der Waals surface area contributed by atoms with Gasteiger partial charge in [-0.05, 0) is 25.7 Å². The maximum atomic E-state index is 8.56. The van der Waals surface area contributed by atoms with Crippen molar-refractivity contribution in [2.45, 2.75) is 30.9 Å². The van der Waals surface area contributed by atoms with E-state index in [-0.39, 0.29) is 0 Å². The Hall–Kier alpha value is -0.200. The average molecular weight is 156 g/mol. The van der Waals surface area contributed by atoms with Crippen LogP contribution >= 0.6 is 11.9 Å². The van der Waals surface area contributed by atoms with Crippen LogP contribution in [0.25, 0.3) is 0 Å². The smallest absolute Gasteiger partial charge is 0.0655 e. The van der Waals surface area contributed by atoms with Crippen LogP contribution in [0.1, 0.15) is 25.7 Å². The first kappa shape index (κ1) is 7.90. The monoisotopic (exact) mass is 156 g/mol. The molecule has 0 amide bonds. The van der Waals surface area contributed by atoms with Crippen LogP contribution in [0.3, 0.4) is 0 Å². The predicted octanol–water partition coefficient (Wildman–Crippen LogP) is 1.68. The highest BCUT2D eigenvalue weighted by atomic mass is 32.2. The Kier molecular flexibility index (Phi) is 3.04. The Morgan fingerprint density at radius 1 is 1.30 bits per heavy atom. The lowest BCUT2D eigenvalue weighted by atomic mass is 9.90. The van der Waals surface area contributed by atoms with Crippen LogP contribution in [-0.4, -0.2) is 5.25 Å². The normalized spacial score (nSPS) is 33.2. The molecule has 0 saturated heterocycles. The summed E-state index contributed by atoms with van der Waals surface area (Å²) in [6.45, 7) is 0. The van der Waals surface area contributed by atoms with Crippen molar-refractivity contribution in [3.63, 3.8) is 0 Å². The van der Waals surface area contributed by atoms with E-state index in [4.69, 9.17) is 10.4 Å². The van der Waals surface area contributed by atoms with Gasteiger partial charge >= 0.3 is 0 Å². The molecule has 0 bridgehead atoms. The molecule has 0 spiro atoms. The summed E-state index contributed by atoms with van der Waals surface area (Å²) in [6, 6.07) is 2.30. The molecule has 0 radical (unpaired) electrons. The maximum Gasteiger partial charge on any atom is 0.0655 e. The first-order valence-corrected chi connectivity index (χ1v) is 4.56. The van der Waals surface area contributed by atoms with Crippen molar-refractivity contribution < 1.29 is 0 Å². The predicted molar refractivity (Wildman–Crippen MR) is 43.1 cm³/mol. The van der Waals surface area contributed by atoms with E-state index in [1.807, 2.05) is 0 Å². The number of rotatable bonds is 1. The Bertz CT molecular complexity index is 133. The van der Waals surface area contributed by atoms with Gasteiger partial charge in [-0.2, -0.15) is 5.26 Å². The molecule has 0 aromatic rings. The summed E-state index contributed by atoms with van der Waals surface area (Å²) >= 11 is 1.45. The standard InChI is InChI=1S/C7H12N2S/c8-5-6-1-3-7(10-9)4-2-6/h6-7H,1-4,9H2. The number of nitrogens with zero attached hydrogens (tertiary/aromatic N) is 1. The minimum Gasteiger partial charge on any atom is -0.278 e. The molecule has 1 aliphatic rings. The molecule has 2 nitrogen and oxygen atoms in total. The van der Waals surface area contributed by atoms with E-state index in [2.05, 4.69) is 6.07 Å². The Morgan fingerprint density at radius 2 is 1.90 bits per heavy atom. The third-order valence-corrected chi connectivity index (χ3v) is 2.91. The van der Waals surface area contributed by atoms with Gasteiger partial charge in [-0.15, -0.1) is 0 Å². The average Bonchev–Trinajstić information content (AvgIpc) is 2.05. The highest BCUT2D eigenvalue weighted by Gasteiger charge is 2.19. The number of hydrogen-bond donors (Lipinski definition) is 1.